The van der Waals surface area contributed by atoms with E-state index in [2.05, 4.69) is 10.6 Å². The van der Waals surface area contributed by atoms with Crippen molar-refractivity contribution in [3.8, 4) is 5.75 Å². The number of methoxy groups -OCH3 is 1. The summed E-state index contributed by atoms with van der Waals surface area (Å²) >= 11 is 0. The van der Waals surface area contributed by atoms with Crippen molar-refractivity contribution >= 4 is 23.5 Å². The van der Waals surface area contributed by atoms with Gasteiger partial charge in [-0.25, -0.2) is 0 Å². The van der Waals surface area contributed by atoms with E-state index >= 15 is 0 Å². The van der Waals surface area contributed by atoms with Crippen LogP contribution in [0.25, 0.3) is 0 Å². The predicted molar refractivity (Wildman–Crippen MR) is 110 cm³/mol. The Balaban J connectivity index is 1.79. The van der Waals surface area contributed by atoms with Crippen LogP contribution in [0.15, 0.2) is 42.5 Å². The van der Waals surface area contributed by atoms with Crippen LogP contribution in [-0.4, -0.2) is 37.5 Å². The first-order chi connectivity index (χ1) is 13.8. The van der Waals surface area contributed by atoms with E-state index in [0.717, 1.165) is 22.4 Å². The molecule has 0 radical (unpaired) electrons. The van der Waals surface area contributed by atoms with Crippen LogP contribution in [0.5, 0.6) is 5.75 Å². The zero-order chi connectivity index (χ0) is 21.4. The lowest BCUT2D eigenvalue weighted by atomic mass is 10.1. The van der Waals surface area contributed by atoms with Gasteiger partial charge in [-0.3, -0.25) is 14.4 Å². The molecule has 0 aliphatic rings. The molecule has 0 spiro atoms. The average molecular weight is 398 g/mol. The number of rotatable bonds is 8. The SMILES string of the molecule is COc1ccc(CC(=O)O[C@H](C)C(=O)NCC(=O)Nc2c(C)cccc2C)cc1. The van der Waals surface area contributed by atoms with E-state index in [4.69, 9.17) is 9.47 Å². The first-order valence-electron chi connectivity index (χ1n) is 9.26. The number of amides is 2. The number of aryl methyl sites for hydroxylation is 2. The lowest BCUT2D eigenvalue weighted by molar-refractivity contribution is -0.154. The molecule has 0 aliphatic carbocycles. The van der Waals surface area contributed by atoms with E-state index in [0.29, 0.717) is 5.75 Å². The van der Waals surface area contributed by atoms with Crippen molar-refractivity contribution in [1.82, 2.24) is 5.32 Å². The Hall–Kier alpha value is -3.35. The van der Waals surface area contributed by atoms with Crippen LogP contribution in [0.2, 0.25) is 0 Å². The number of esters is 1. The normalized spacial score (nSPS) is 11.3. The second kappa shape index (κ2) is 10.3. The molecule has 0 aliphatic heterocycles. The molecular weight excluding hydrogens is 372 g/mol. The van der Waals surface area contributed by atoms with Gasteiger partial charge in [-0.05, 0) is 49.6 Å². The van der Waals surface area contributed by atoms with Gasteiger partial charge in [0.1, 0.15) is 5.75 Å². The van der Waals surface area contributed by atoms with Crippen molar-refractivity contribution in [2.24, 2.45) is 0 Å². The third kappa shape index (κ3) is 6.64. The fourth-order valence-corrected chi connectivity index (χ4v) is 2.71. The number of carbonyl (C=O) groups is 3. The lowest BCUT2D eigenvalue weighted by Gasteiger charge is -2.15. The fourth-order valence-electron chi connectivity index (χ4n) is 2.71. The van der Waals surface area contributed by atoms with Gasteiger partial charge in [0.2, 0.25) is 5.91 Å². The molecule has 2 rings (SSSR count). The van der Waals surface area contributed by atoms with Crippen molar-refractivity contribution in [3.05, 3.63) is 59.2 Å². The highest BCUT2D eigenvalue weighted by molar-refractivity contribution is 5.96. The predicted octanol–water partition coefficient (Wildman–Crippen LogP) is 2.54. The number of benzene rings is 2. The Morgan fingerprint density at radius 3 is 2.21 bits per heavy atom. The molecule has 0 fully saturated rings. The molecule has 0 bridgehead atoms. The molecule has 0 aromatic heterocycles. The summed E-state index contributed by atoms with van der Waals surface area (Å²) < 4.78 is 10.2. The van der Waals surface area contributed by atoms with E-state index in [1.54, 1.807) is 31.4 Å². The van der Waals surface area contributed by atoms with Gasteiger partial charge in [-0.2, -0.15) is 0 Å². The Morgan fingerprint density at radius 2 is 1.62 bits per heavy atom. The minimum Gasteiger partial charge on any atom is -0.497 e. The first-order valence-corrected chi connectivity index (χ1v) is 9.26. The second-order valence-corrected chi connectivity index (χ2v) is 6.69. The first kappa shape index (κ1) is 21.9. The number of ether oxygens (including phenoxy) is 2. The summed E-state index contributed by atoms with van der Waals surface area (Å²) in [5, 5.41) is 5.26. The molecule has 2 amide bonds. The molecule has 0 heterocycles. The highest BCUT2D eigenvalue weighted by Crippen LogP contribution is 2.19. The standard InChI is InChI=1S/C22H26N2O5/c1-14-6-5-7-15(2)21(14)24-19(25)13-23-22(27)16(3)29-20(26)12-17-8-10-18(28-4)11-9-17/h5-11,16H,12-13H2,1-4H3,(H,23,27)(H,24,25)/t16-/m1/s1. The molecule has 0 unspecified atom stereocenters. The van der Waals surface area contributed by atoms with Gasteiger partial charge < -0.3 is 20.1 Å². The van der Waals surface area contributed by atoms with Gasteiger partial charge in [-0.1, -0.05) is 30.3 Å². The summed E-state index contributed by atoms with van der Waals surface area (Å²) in [7, 11) is 1.56. The van der Waals surface area contributed by atoms with Gasteiger partial charge in [0.15, 0.2) is 6.10 Å². The lowest BCUT2D eigenvalue weighted by Crippen LogP contribution is -2.40. The summed E-state index contributed by atoms with van der Waals surface area (Å²) in [6.07, 6.45) is -0.969. The van der Waals surface area contributed by atoms with Gasteiger partial charge in [0.25, 0.3) is 5.91 Å². The van der Waals surface area contributed by atoms with Crippen LogP contribution in [0.4, 0.5) is 5.69 Å². The average Bonchev–Trinajstić information content (AvgIpc) is 2.69. The summed E-state index contributed by atoms with van der Waals surface area (Å²) in [5.41, 5.74) is 3.35. The maximum atomic E-state index is 12.1. The summed E-state index contributed by atoms with van der Waals surface area (Å²) in [4.78, 5) is 36.3. The molecule has 7 heteroatoms. The van der Waals surface area contributed by atoms with Gasteiger partial charge in [0.05, 0.1) is 20.1 Å². The number of para-hydroxylation sites is 1. The molecule has 2 aromatic carbocycles. The molecule has 154 valence electrons. The zero-order valence-corrected chi connectivity index (χ0v) is 17.1. The molecule has 0 saturated heterocycles. The molecule has 29 heavy (non-hydrogen) atoms. The number of carbonyl (C=O) groups excluding carboxylic acids is 3. The van der Waals surface area contributed by atoms with E-state index < -0.39 is 18.0 Å². The quantitative estimate of drug-likeness (QED) is 0.667. The maximum absolute atomic E-state index is 12.1. The minimum absolute atomic E-state index is 0.0364. The van der Waals surface area contributed by atoms with Gasteiger partial charge >= 0.3 is 5.97 Å². The number of nitrogens with one attached hydrogen (secondary N) is 2. The molecule has 0 saturated carbocycles. The fraction of sp³-hybridized carbons (Fsp3) is 0.318. The van der Waals surface area contributed by atoms with Crippen molar-refractivity contribution in [2.75, 3.05) is 19.0 Å². The van der Waals surface area contributed by atoms with Crippen LogP contribution in [0, 0.1) is 13.8 Å². The number of hydrogen-bond donors (Lipinski definition) is 2. The third-order valence-electron chi connectivity index (χ3n) is 4.35. The second-order valence-electron chi connectivity index (χ2n) is 6.69. The molecular formula is C22H26N2O5. The van der Waals surface area contributed by atoms with Crippen LogP contribution < -0.4 is 15.4 Å². The van der Waals surface area contributed by atoms with Gasteiger partial charge in [0, 0.05) is 5.69 Å². The summed E-state index contributed by atoms with van der Waals surface area (Å²) in [6.45, 7) is 5.04. The zero-order valence-electron chi connectivity index (χ0n) is 17.1. The van der Waals surface area contributed by atoms with Gasteiger partial charge in [-0.15, -0.1) is 0 Å². The van der Waals surface area contributed by atoms with Crippen LogP contribution in [-0.2, 0) is 25.5 Å². The van der Waals surface area contributed by atoms with Crippen molar-refractivity contribution in [2.45, 2.75) is 33.3 Å². The number of hydrogen-bond acceptors (Lipinski definition) is 5. The molecule has 2 aromatic rings. The van der Waals surface area contributed by atoms with E-state index in [-0.39, 0.29) is 18.9 Å². The topological polar surface area (TPSA) is 93.7 Å². The van der Waals surface area contributed by atoms with Crippen LogP contribution >= 0.6 is 0 Å². The van der Waals surface area contributed by atoms with E-state index in [9.17, 15) is 14.4 Å². The van der Waals surface area contributed by atoms with Crippen LogP contribution in [0.3, 0.4) is 0 Å². The highest BCUT2D eigenvalue weighted by Gasteiger charge is 2.19. The maximum Gasteiger partial charge on any atom is 0.311 e. The Bertz CT molecular complexity index is 857. The Morgan fingerprint density at radius 1 is 1.00 bits per heavy atom. The third-order valence-corrected chi connectivity index (χ3v) is 4.35. The van der Waals surface area contributed by atoms with Crippen molar-refractivity contribution < 1.29 is 23.9 Å². The van der Waals surface area contributed by atoms with E-state index in [1.165, 1.54) is 6.92 Å². The molecule has 2 N–H and O–H groups in total. The van der Waals surface area contributed by atoms with Crippen LogP contribution in [0.1, 0.15) is 23.6 Å². The number of anilines is 1. The molecule has 7 nitrogen and oxygen atoms in total. The largest absolute Gasteiger partial charge is 0.497 e. The Kier molecular flexibility index (Phi) is 7.77. The smallest absolute Gasteiger partial charge is 0.311 e. The van der Waals surface area contributed by atoms with Crippen molar-refractivity contribution in [1.29, 1.82) is 0 Å². The van der Waals surface area contributed by atoms with E-state index in [1.807, 2.05) is 32.0 Å². The summed E-state index contributed by atoms with van der Waals surface area (Å²) in [6, 6.07) is 12.7. The molecule has 1 atom stereocenters. The summed E-state index contributed by atoms with van der Waals surface area (Å²) in [5.74, 6) is -0.732. The monoisotopic (exact) mass is 398 g/mol. The Labute approximate surface area is 170 Å². The minimum atomic E-state index is -1.01. The highest BCUT2D eigenvalue weighted by atomic mass is 16.5. The van der Waals surface area contributed by atoms with Crippen molar-refractivity contribution in [3.63, 3.8) is 0 Å².